The zero-order chi connectivity index (χ0) is 15.8. The summed E-state index contributed by atoms with van der Waals surface area (Å²) in [6, 6.07) is 4.34. The van der Waals surface area contributed by atoms with Crippen LogP contribution < -0.4 is 10.6 Å². The second-order valence-corrected chi connectivity index (χ2v) is 7.64. The number of guanidine groups is 1. The van der Waals surface area contributed by atoms with E-state index < -0.39 is 0 Å². The number of piperidine rings is 1. The molecule has 132 valence electrons. The van der Waals surface area contributed by atoms with E-state index in [9.17, 15) is 0 Å². The molecule has 1 aliphatic heterocycles. The summed E-state index contributed by atoms with van der Waals surface area (Å²) in [7, 11) is 1.83. The Hall–Kier alpha value is -0.340. The molecule has 6 heteroatoms. The Bertz CT molecular complexity index is 475. The first-order chi connectivity index (χ1) is 10.7. The standard InChI is InChI=1S/C17H30N4S.HI/c1-14-6-4-10-21(13-14)11-5-9-19-17(18-3)20-12-16-8-7-15(2)22-16;/h7-8,14H,4-6,9-13H2,1-3H3,(H2,18,19,20);1H. The van der Waals surface area contributed by atoms with Gasteiger partial charge in [-0.3, -0.25) is 4.99 Å². The Morgan fingerprint density at radius 2 is 2.22 bits per heavy atom. The Labute approximate surface area is 162 Å². The van der Waals surface area contributed by atoms with Gasteiger partial charge in [-0.15, -0.1) is 35.3 Å². The minimum Gasteiger partial charge on any atom is -0.356 e. The van der Waals surface area contributed by atoms with Crippen molar-refractivity contribution in [3.63, 3.8) is 0 Å². The van der Waals surface area contributed by atoms with Crippen LogP contribution in [0.25, 0.3) is 0 Å². The molecule has 2 heterocycles. The number of hydrogen-bond donors (Lipinski definition) is 2. The first-order valence-electron chi connectivity index (χ1n) is 8.39. The Kier molecular flexibility index (Phi) is 10.1. The van der Waals surface area contributed by atoms with Crippen molar-refractivity contribution in [2.45, 2.75) is 39.7 Å². The van der Waals surface area contributed by atoms with E-state index in [1.165, 1.54) is 48.7 Å². The summed E-state index contributed by atoms with van der Waals surface area (Å²) in [6.45, 7) is 10.1. The van der Waals surface area contributed by atoms with E-state index in [4.69, 9.17) is 0 Å². The lowest BCUT2D eigenvalue weighted by Gasteiger charge is -2.30. The lowest BCUT2D eigenvalue weighted by atomic mass is 10.0. The molecule has 0 bridgehead atoms. The monoisotopic (exact) mass is 450 g/mol. The molecule has 23 heavy (non-hydrogen) atoms. The van der Waals surface area contributed by atoms with Gasteiger partial charge in [0, 0.05) is 29.9 Å². The molecule has 2 rings (SSSR count). The van der Waals surface area contributed by atoms with Gasteiger partial charge in [0.05, 0.1) is 6.54 Å². The average Bonchev–Trinajstić information content (AvgIpc) is 2.92. The van der Waals surface area contributed by atoms with Gasteiger partial charge >= 0.3 is 0 Å². The van der Waals surface area contributed by atoms with E-state index in [1.54, 1.807) is 0 Å². The summed E-state index contributed by atoms with van der Waals surface area (Å²) in [5.41, 5.74) is 0. The van der Waals surface area contributed by atoms with Crippen molar-refractivity contribution in [2.75, 3.05) is 33.2 Å². The summed E-state index contributed by atoms with van der Waals surface area (Å²) < 4.78 is 0. The van der Waals surface area contributed by atoms with Crippen molar-refractivity contribution in [2.24, 2.45) is 10.9 Å². The predicted molar refractivity (Wildman–Crippen MR) is 112 cm³/mol. The molecule has 0 saturated carbocycles. The molecule has 0 amide bonds. The topological polar surface area (TPSA) is 39.7 Å². The van der Waals surface area contributed by atoms with Gasteiger partial charge in [-0.2, -0.15) is 0 Å². The fraction of sp³-hybridized carbons (Fsp3) is 0.706. The number of likely N-dealkylation sites (tertiary alicyclic amines) is 1. The van der Waals surface area contributed by atoms with Crippen LogP contribution in [-0.4, -0.2) is 44.1 Å². The quantitative estimate of drug-likeness (QED) is 0.302. The molecule has 1 aromatic rings. The Balaban J connectivity index is 0.00000264. The van der Waals surface area contributed by atoms with E-state index in [2.05, 4.69) is 46.5 Å². The van der Waals surface area contributed by atoms with Crippen molar-refractivity contribution < 1.29 is 0 Å². The molecule has 0 spiro atoms. The van der Waals surface area contributed by atoms with Gasteiger partial charge in [0.25, 0.3) is 0 Å². The smallest absolute Gasteiger partial charge is 0.191 e. The maximum absolute atomic E-state index is 4.29. The number of aliphatic imine (C=N–C) groups is 1. The molecule has 0 radical (unpaired) electrons. The van der Waals surface area contributed by atoms with E-state index in [1.807, 2.05) is 18.4 Å². The molecule has 1 aliphatic rings. The van der Waals surface area contributed by atoms with Crippen LogP contribution in [0.15, 0.2) is 17.1 Å². The zero-order valence-corrected chi connectivity index (χ0v) is 17.7. The van der Waals surface area contributed by atoms with Crippen LogP contribution in [-0.2, 0) is 6.54 Å². The van der Waals surface area contributed by atoms with Crippen molar-refractivity contribution in [3.8, 4) is 0 Å². The molecule has 0 aromatic carbocycles. The first-order valence-corrected chi connectivity index (χ1v) is 9.21. The third-order valence-electron chi connectivity index (χ3n) is 4.13. The summed E-state index contributed by atoms with van der Waals surface area (Å²) in [6.07, 6.45) is 3.93. The van der Waals surface area contributed by atoms with Crippen molar-refractivity contribution in [1.82, 2.24) is 15.5 Å². The number of rotatable bonds is 6. The molecule has 2 N–H and O–H groups in total. The maximum Gasteiger partial charge on any atom is 0.191 e. The molecular weight excluding hydrogens is 419 g/mol. The van der Waals surface area contributed by atoms with Crippen LogP contribution in [0.3, 0.4) is 0 Å². The number of nitrogens with one attached hydrogen (secondary N) is 2. The molecule has 1 saturated heterocycles. The van der Waals surface area contributed by atoms with Crippen molar-refractivity contribution in [3.05, 3.63) is 21.9 Å². The van der Waals surface area contributed by atoms with Crippen LogP contribution in [0.5, 0.6) is 0 Å². The Morgan fingerprint density at radius 3 is 2.87 bits per heavy atom. The normalized spacial score (nSPS) is 19.3. The summed E-state index contributed by atoms with van der Waals surface area (Å²) in [5.74, 6) is 1.77. The van der Waals surface area contributed by atoms with Crippen LogP contribution in [0.1, 0.15) is 35.9 Å². The third-order valence-corrected chi connectivity index (χ3v) is 5.14. The highest BCUT2D eigenvalue weighted by atomic mass is 127. The number of nitrogens with zero attached hydrogens (tertiary/aromatic N) is 2. The number of halogens is 1. The lowest BCUT2D eigenvalue weighted by molar-refractivity contribution is 0.182. The van der Waals surface area contributed by atoms with Crippen molar-refractivity contribution >= 4 is 41.3 Å². The zero-order valence-electron chi connectivity index (χ0n) is 14.6. The van der Waals surface area contributed by atoms with Gasteiger partial charge < -0.3 is 15.5 Å². The fourth-order valence-corrected chi connectivity index (χ4v) is 3.80. The average molecular weight is 450 g/mol. The minimum atomic E-state index is 0. The van der Waals surface area contributed by atoms with Gasteiger partial charge in [0.2, 0.25) is 0 Å². The van der Waals surface area contributed by atoms with E-state index in [0.717, 1.165) is 25.0 Å². The molecule has 1 aromatic heterocycles. The molecule has 4 nitrogen and oxygen atoms in total. The number of hydrogen-bond acceptors (Lipinski definition) is 3. The molecule has 1 unspecified atom stereocenters. The minimum absolute atomic E-state index is 0. The molecule has 0 aliphatic carbocycles. The highest BCUT2D eigenvalue weighted by Gasteiger charge is 2.15. The van der Waals surface area contributed by atoms with E-state index >= 15 is 0 Å². The molecular formula is C17H31IN4S. The second-order valence-electron chi connectivity index (χ2n) is 6.27. The highest BCUT2D eigenvalue weighted by Crippen LogP contribution is 2.15. The van der Waals surface area contributed by atoms with Crippen LogP contribution in [0.4, 0.5) is 0 Å². The van der Waals surface area contributed by atoms with Gasteiger partial charge in [-0.1, -0.05) is 6.92 Å². The highest BCUT2D eigenvalue weighted by molar-refractivity contribution is 14.0. The predicted octanol–water partition coefficient (Wildman–Crippen LogP) is 3.46. The molecule has 1 atom stereocenters. The summed E-state index contributed by atoms with van der Waals surface area (Å²) in [5, 5.41) is 6.79. The second kappa shape index (κ2) is 11.3. The summed E-state index contributed by atoms with van der Waals surface area (Å²) in [4.78, 5) is 9.60. The molecule has 1 fully saturated rings. The van der Waals surface area contributed by atoms with E-state index in [-0.39, 0.29) is 24.0 Å². The maximum atomic E-state index is 4.29. The lowest BCUT2D eigenvalue weighted by Crippen LogP contribution is -2.39. The first kappa shape index (κ1) is 20.7. The van der Waals surface area contributed by atoms with Crippen LogP contribution in [0, 0.1) is 12.8 Å². The van der Waals surface area contributed by atoms with Gasteiger partial charge in [0.15, 0.2) is 5.96 Å². The third kappa shape index (κ3) is 7.85. The van der Waals surface area contributed by atoms with Crippen molar-refractivity contribution in [1.29, 1.82) is 0 Å². The van der Waals surface area contributed by atoms with Gasteiger partial charge in [-0.05, 0) is 57.3 Å². The number of aryl methyl sites for hydroxylation is 1. The number of thiophene rings is 1. The van der Waals surface area contributed by atoms with Gasteiger partial charge in [-0.25, -0.2) is 0 Å². The largest absolute Gasteiger partial charge is 0.356 e. The fourth-order valence-electron chi connectivity index (χ4n) is 2.97. The Morgan fingerprint density at radius 1 is 1.39 bits per heavy atom. The van der Waals surface area contributed by atoms with Gasteiger partial charge in [0.1, 0.15) is 0 Å². The summed E-state index contributed by atoms with van der Waals surface area (Å²) >= 11 is 1.84. The van der Waals surface area contributed by atoms with Crippen LogP contribution >= 0.6 is 35.3 Å². The SMILES string of the molecule is CN=C(NCCCN1CCCC(C)C1)NCc1ccc(C)s1.I. The van der Waals surface area contributed by atoms with Crippen LogP contribution in [0.2, 0.25) is 0 Å². The van der Waals surface area contributed by atoms with E-state index in [0.29, 0.717) is 0 Å².